The molecule has 0 bridgehead atoms. The van der Waals surface area contributed by atoms with Crippen molar-refractivity contribution in [3.05, 3.63) is 16.1 Å². The number of hydrogen-bond acceptors (Lipinski definition) is 4. The molecule has 2 atom stereocenters. The van der Waals surface area contributed by atoms with Gasteiger partial charge in [0.2, 0.25) is 0 Å². The van der Waals surface area contributed by atoms with E-state index in [1.54, 1.807) is 11.3 Å². The standard InChI is InChI=1S/C17H27N3O2S/c1-11(2)8-14-9-22-7-6-20(14)17(21)18-12(3)15-10-23-16(19-15)13-4-5-13/h10-14H,4-9H2,1-3H3,(H,18,21)/t12-,14-/m0/s1. The number of amides is 2. The van der Waals surface area contributed by atoms with Gasteiger partial charge in [-0.3, -0.25) is 0 Å². The van der Waals surface area contributed by atoms with Crippen molar-refractivity contribution in [3.63, 3.8) is 0 Å². The van der Waals surface area contributed by atoms with Gasteiger partial charge in [0, 0.05) is 17.8 Å². The Hall–Kier alpha value is -1.14. The molecule has 2 aliphatic rings. The number of nitrogens with one attached hydrogen (secondary N) is 1. The Morgan fingerprint density at radius 3 is 2.96 bits per heavy atom. The molecule has 2 fully saturated rings. The molecule has 6 heteroatoms. The number of aromatic nitrogens is 1. The SMILES string of the molecule is CC(C)C[C@H]1COCCN1C(=O)N[C@@H](C)c1csc(C2CC2)n1. The highest BCUT2D eigenvalue weighted by Gasteiger charge is 2.30. The number of morpholine rings is 1. The van der Waals surface area contributed by atoms with Crippen LogP contribution in [0.4, 0.5) is 4.79 Å². The van der Waals surface area contributed by atoms with Crippen LogP contribution in [-0.2, 0) is 4.74 Å². The Morgan fingerprint density at radius 2 is 2.26 bits per heavy atom. The molecule has 23 heavy (non-hydrogen) atoms. The minimum Gasteiger partial charge on any atom is -0.377 e. The highest BCUT2D eigenvalue weighted by atomic mass is 32.1. The van der Waals surface area contributed by atoms with Crippen molar-refractivity contribution in [2.45, 2.75) is 58.0 Å². The predicted molar refractivity (Wildman–Crippen MR) is 91.8 cm³/mol. The third-order valence-corrected chi connectivity index (χ3v) is 5.51. The van der Waals surface area contributed by atoms with Crippen molar-refractivity contribution in [2.24, 2.45) is 5.92 Å². The van der Waals surface area contributed by atoms with Crippen LogP contribution in [0.1, 0.15) is 62.7 Å². The quantitative estimate of drug-likeness (QED) is 0.894. The van der Waals surface area contributed by atoms with Gasteiger partial charge >= 0.3 is 6.03 Å². The van der Waals surface area contributed by atoms with E-state index >= 15 is 0 Å². The lowest BCUT2D eigenvalue weighted by molar-refractivity contribution is 0.00507. The maximum atomic E-state index is 12.7. The molecular weight excluding hydrogens is 310 g/mol. The second-order valence-electron chi connectivity index (χ2n) is 7.11. The van der Waals surface area contributed by atoms with Crippen LogP contribution < -0.4 is 5.32 Å². The fourth-order valence-corrected chi connectivity index (χ4v) is 4.11. The van der Waals surface area contributed by atoms with Gasteiger partial charge < -0.3 is 15.0 Å². The Morgan fingerprint density at radius 1 is 1.48 bits per heavy atom. The van der Waals surface area contributed by atoms with E-state index in [2.05, 4.69) is 24.5 Å². The molecule has 1 saturated carbocycles. The minimum atomic E-state index is -0.0474. The first-order valence-corrected chi connectivity index (χ1v) is 9.52. The number of ether oxygens (including phenoxy) is 1. The van der Waals surface area contributed by atoms with Crippen molar-refractivity contribution in [2.75, 3.05) is 19.8 Å². The Bertz CT molecular complexity index is 542. The topological polar surface area (TPSA) is 54.5 Å². The zero-order valence-corrected chi connectivity index (χ0v) is 15.1. The first kappa shape index (κ1) is 16.7. The van der Waals surface area contributed by atoms with Crippen LogP contribution in [-0.4, -0.2) is 41.7 Å². The molecule has 1 aliphatic carbocycles. The second kappa shape index (κ2) is 7.18. The third kappa shape index (κ3) is 4.23. The molecule has 0 spiro atoms. The van der Waals surface area contributed by atoms with Gasteiger partial charge in [-0.25, -0.2) is 9.78 Å². The number of urea groups is 1. The molecule has 1 saturated heterocycles. The van der Waals surface area contributed by atoms with Crippen LogP contribution in [0.15, 0.2) is 5.38 Å². The van der Waals surface area contributed by atoms with Gasteiger partial charge in [-0.2, -0.15) is 0 Å². The first-order valence-electron chi connectivity index (χ1n) is 8.64. The molecule has 0 aromatic carbocycles. The molecule has 1 N–H and O–H groups in total. The van der Waals surface area contributed by atoms with Crippen molar-refractivity contribution >= 4 is 17.4 Å². The van der Waals surface area contributed by atoms with Crippen LogP contribution in [0, 0.1) is 5.92 Å². The second-order valence-corrected chi connectivity index (χ2v) is 8.00. The van der Waals surface area contributed by atoms with E-state index in [1.165, 1.54) is 17.8 Å². The molecular formula is C17H27N3O2S. The number of thiazole rings is 1. The summed E-state index contributed by atoms with van der Waals surface area (Å²) in [4.78, 5) is 19.3. The van der Waals surface area contributed by atoms with Gasteiger partial charge in [-0.1, -0.05) is 13.8 Å². The summed E-state index contributed by atoms with van der Waals surface area (Å²) in [6, 6.07) is 0.134. The van der Waals surface area contributed by atoms with Crippen molar-refractivity contribution in [1.82, 2.24) is 15.2 Å². The summed E-state index contributed by atoms with van der Waals surface area (Å²) in [7, 11) is 0. The Balaban J connectivity index is 1.59. The molecule has 3 rings (SSSR count). The average molecular weight is 337 g/mol. The van der Waals surface area contributed by atoms with Gasteiger partial charge in [-0.05, 0) is 32.1 Å². The zero-order valence-electron chi connectivity index (χ0n) is 14.2. The zero-order chi connectivity index (χ0) is 16.4. The summed E-state index contributed by atoms with van der Waals surface area (Å²) in [6.45, 7) is 8.31. The normalized spacial score (nSPS) is 23.1. The third-order valence-electron chi connectivity index (χ3n) is 4.48. The number of carbonyl (C=O) groups is 1. The summed E-state index contributed by atoms with van der Waals surface area (Å²) in [6.07, 6.45) is 3.50. The summed E-state index contributed by atoms with van der Waals surface area (Å²) in [5.41, 5.74) is 0.985. The Kier molecular flexibility index (Phi) is 5.21. The summed E-state index contributed by atoms with van der Waals surface area (Å²) in [5, 5.41) is 6.43. The lowest BCUT2D eigenvalue weighted by Gasteiger charge is -2.37. The number of nitrogens with zero attached hydrogens (tertiary/aromatic N) is 2. The molecule has 2 heterocycles. The number of hydrogen-bond donors (Lipinski definition) is 1. The van der Waals surface area contributed by atoms with Gasteiger partial charge in [0.05, 0.1) is 36.0 Å². The highest BCUT2D eigenvalue weighted by molar-refractivity contribution is 7.09. The van der Waals surface area contributed by atoms with E-state index in [4.69, 9.17) is 9.72 Å². The maximum absolute atomic E-state index is 12.7. The van der Waals surface area contributed by atoms with E-state index in [0.29, 0.717) is 31.6 Å². The van der Waals surface area contributed by atoms with Crippen LogP contribution in [0.2, 0.25) is 0 Å². The lowest BCUT2D eigenvalue weighted by atomic mass is 10.0. The van der Waals surface area contributed by atoms with Gasteiger partial charge in [0.1, 0.15) is 0 Å². The smallest absolute Gasteiger partial charge is 0.318 e. The number of carbonyl (C=O) groups excluding carboxylic acids is 1. The van der Waals surface area contributed by atoms with Crippen molar-refractivity contribution < 1.29 is 9.53 Å². The molecule has 1 aliphatic heterocycles. The summed E-state index contributed by atoms with van der Waals surface area (Å²) in [5.74, 6) is 1.22. The summed E-state index contributed by atoms with van der Waals surface area (Å²) < 4.78 is 5.56. The average Bonchev–Trinajstić information content (AvgIpc) is 3.24. The lowest BCUT2D eigenvalue weighted by Crippen LogP contribution is -2.53. The fraction of sp³-hybridized carbons (Fsp3) is 0.765. The molecule has 1 aromatic rings. The monoisotopic (exact) mass is 337 g/mol. The van der Waals surface area contributed by atoms with Crippen molar-refractivity contribution in [1.29, 1.82) is 0 Å². The van der Waals surface area contributed by atoms with Gasteiger partial charge in [-0.15, -0.1) is 11.3 Å². The van der Waals surface area contributed by atoms with Crippen molar-refractivity contribution in [3.8, 4) is 0 Å². The molecule has 1 aromatic heterocycles. The van der Waals surface area contributed by atoms with Crippen LogP contribution in [0.25, 0.3) is 0 Å². The van der Waals surface area contributed by atoms with Crippen LogP contribution in [0.5, 0.6) is 0 Å². The van der Waals surface area contributed by atoms with Crippen LogP contribution in [0.3, 0.4) is 0 Å². The fourth-order valence-electron chi connectivity index (χ4n) is 3.02. The molecule has 0 radical (unpaired) electrons. The van der Waals surface area contributed by atoms with Crippen LogP contribution >= 0.6 is 11.3 Å². The van der Waals surface area contributed by atoms with E-state index in [-0.39, 0.29) is 18.1 Å². The molecule has 128 valence electrons. The molecule has 5 nitrogen and oxygen atoms in total. The highest BCUT2D eigenvalue weighted by Crippen LogP contribution is 2.41. The molecule has 0 unspecified atom stereocenters. The van der Waals surface area contributed by atoms with E-state index in [9.17, 15) is 4.79 Å². The van der Waals surface area contributed by atoms with E-state index in [0.717, 1.165) is 12.1 Å². The first-order chi connectivity index (χ1) is 11.0. The maximum Gasteiger partial charge on any atom is 0.318 e. The molecule has 2 amide bonds. The largest absolute Gasteiger partial charge is 0.377 e. The van der Waals surface area contributed by atoms with E-state index < -0.39 is 0 Å². The Labute approximate surface area is 142 Å². The van der Waals surface area contributed by atoms with Gasteiger partial charge in [0.15, 0.2) is 0 Å². The van der Waals surface area contributed by atoms with Gasteiger partial charge in [0.25, 0.3) is 0 Å². The summed E-state index contributed by atoms with van der Waals surface area (Å²) >= 11 is 1.72. The number of rotatable bonds is 5. The predicted octanol–water partition coefficient (Wildman–Crippen LogP) is 3.54. The minimum absolute atomic E-state index is 0.00687. The van der Waals surface area contributed by atoms with E-state index in [1.807, 2.05) is 11.8 Å².